The Morgan fingerprint density at radius 3 is 2.25 bits per heavy atom. The summed E-state index contributed by atoms with van der Waals surface area (Å²) in [5, 5.41) is 0.948. The van der Waals surface area contributed by atoms with E-state index >= 15 is 0 Å². The normalized spacial score (nSPS) is 42.7. The monoisotopic (exact) mass is 291 g/mol. The Kier molecular flexibility index (Phi) is 3.13. The summed E-state index contributed by atoms with van der Waals surface area (Å²) in [4.78, 5) is 11.7. The first-order chi connectivity index (χ1) is 9.66. The fourth-order valence-electron chi connectivity index (χ4n) is 5.66. The van der Waals surface area contributed by atoms with Crippen LogP contribution < -0.4 is 0 Å². The smallest absolute Gasteiger partial charge is 0.186 e. The van der Waals surface area contributed by atoms with Crippen LogP contribution in [0, 0.1) is 23.2 Å². The van der Waals surface area contributed by atoms with Gasteiger partial charge in [-0.2, -0.15) is 0 Å². The molecule has 0 N–H and O–H groups in total. The van der Waals surface area contributed by atoms with Gasteiger partial charge in [-0.1, -0.05) is 11.8 Å². The van der Waals surface area contributed by atoms with Crippen molar-refractivity contribution in [1.82, 2.24) is 4.90 Å². The molecule has 5 aliphatic rings. The largest absolute Gasteiger partial charge is 0.340 e. The van der Waals surface area contributed by atoms with Gasteiger partial charge in [0.2, 0.25) is 0 Å². The van der Waals surface area contributed by atoms with Crippen molar-refractivity contribution in [2.24, 2.45) is 33.2 Å². The van der Waals surface area contributed by atoms with E-state index in [1.54, 1.807) is 11.8 Å². The van der Waals surface area contributed by atoms with Crippen molar-refractivity contribution in [2.75, 3.05) is 19.5 Å². The third-order valence-corrected chi connectivity index (χ3v) is 6.55. The molecule has 4 fully saturated rings. The summed E-state index contributed by atoms with van der Waals surface area (Å²) < 4.78 is 0. The molecule has 3 nitrogen and oxygen atoms in total. The van der Waals surface area contributed by atoms with Gasteiger partial charge in [0, 0.05) is 6.54 Å². The standard InChI is InChI=1S/C16H25N3S/c1-11-18-15(20-2)17-10-19(11)9-16-6-12-3-13(7-16)5-14(4-12)8-16/h12-14H,3-10H2,1-2H3. The van der Waals surface area contributed by atoms with Gasteiger partial charge in [0.1, 0.15) is 12.5 Å². The predicted molar refractivity (Wildman–Crippen MR) is 86.2 cm³/mol. The molecule has 0 aromatic rings. The summed E-state index contributed by atoms with van der Waals surface area (Å²) in [5.41, 5.74) is 0.595. The van der Waals surface area contributed by atoms with Gasteiger partial charge in [-0.15, -0.1) is 0 Å². The molecule has 0 aromatic heterocycles. The number of hydrogen-bond donors (Lipinski definition) is 0. The van der Waals surface area contributed by atoms with Crippen LogP contribution in [0.2, 0.25) is 0 Å². The van der Waals surface area contributed by atoms with Gasteiger partial charge in [0.25, 0.3) is 0 Å². The second kappa shape index (κ2) is 4.75. The first kappa shape index (κ1) is 13.2. The fourth-order valence-corrected chi connectivity index (χ4v) is 6.07. The maximum absolute atomic E-state index is 4.64. The summed E-state index contributed by atoms with van der Waals surface area (Å²) in [6.45, 7) is 4.19. The van der Waals surface area contributed by atoms with Crippen LogP contribution >= 0.6 is 11.8 Å². The highest BCUT2D eigenvalue weighted by molar-refractivity contribution is 8.13. The van der Waals surface area contributed by atoms with Crippen LogP contribution in [0.15, 0.2) is 9.98 Å². The second-order valence-corrected chi connectivity index (χ2v) is 8.33. The number of nitrogens with zero attached hydrogens (tertiary/aromatic N) is 3. The van der Waals surface area contributed by atoms with Crippen molar-refractivity contribution < 1.29 is 0 Å². The summed E-state index contributed by atoms with van der Waals surface area (Å²) in [7, 11) is 0. The minimum absolute atomic E-state index is 0.595. The maximum atomic E-state index is 4.64. The van der Waals surface area contributed by atoms with Gasteiger partial charge in [-0.25, -0.2) is 9.98 Å². The lowest BCUT2D eigenvalue weighted by molar-refractivity contribution is -0.0614. The van der Waals surface area contributed by atoms with E-state index in [1.165, 1.54) is 50.9 Å². The van der Waals surface area contributed by atoms with E-state index in [9.17, 15) is 0 Å². The molecule has 0 aromatic carbocycles. The molecule has 4 bridgehead atoms. The van der Waals surface area contributed by atoms with E-state index < -0.39 is 0 Å². The Bertz CT molecular complexity index is 433. The third-order valence-electron chi connectivity index (χ3n) is 5.97. The van der Waals surface area contributed by atoms with Gasteiger partial charge in [-0.3, -0.25) is 0 Å². The molecule has 4 aliphatic carbocycles. The number of aliphatic imine (C=N–C) groups is 2. The molecule has 0 saturated heterocycles. The third kappa shape index (κ3) is 2.20. The van der Waals surface area contributed by atoms with Crippen LogP contribution in [0.1, 0.15) is 45.4 Å². The van der Waals surface area contributed by atoms with Crippen LogP contribution in [-0.4, -0.2) is 35.4 Å². The Labute approximate surface area is 126 Å². The molecule has 1 heterocycles. The van der Waals surface area contributed by atoms with Crippen LogP contribution in [0.3, 0.4) is 0 Å². The zero-order valence-electron chi connectivity index (χ0n) is 12.6. The SMILES string of the molecule is CSC1=NCN(CC23CC4CC(CC(C4)C2)C3)C(C)=N1. The van der Waals surface area contributed by atoms with E-state index in [-0.39, 0.29) is 0 Å². The molecule has 110 valence electrons. The average Bonchev–Trinajstić information content (AvgIpc) is 2.39. The highest BCUT2D eigenvalue weighted by Crippen LogP contribution is 2.60. The summed E-state index contributed by atoms with van der Waals surface area (Å²) in [6.07, 6.45) is 11.1. The molecule has 1 aliphatic heterocycles. The summed E-state index contributed by atoms with van der Waals surface area (Å²) in [5.74, 6) is 4.29. The van der Waals surface area contributed by atoms with Crippen molar-refractivity contribution in [3.63, 3.8) is 0 Å². The highest BCUT2D eigenvalue weighted by Gasteiger charge is 2.51. The Morgan fingerprint density at radius 2 is 1.75 bits per heavy atom. The summed E-state index contributed by atoms with van der Waals surface area (Å²) >= 11 is 1.66. The molecular weight excluding hydrogens is 266 g/mol. The first-order valence-corrected chi connectivity index (χ1v) is 9.27. The minimum atomic E-state index is 0.595. The molecule has 4 saturated carbocycles. The average molecular weight is 291 g/mol. The molecule has 5 rings (SSSR count). The van der Waals surface area contributed by atoms with E-state index in [4.69, 9.17) is 0 Å². The van der Waals surface area contributed by atoms with Crippen LogP contribution in [-0.2, 0) is 0 Å². The van der Waals surface area contributed by atoms with Crippen molar-refractivity contribution >= 4 is 22.8 Å². The topological polar surface area (TPSA) is 28.0 Å². The van der Waals surface area contributed by atoms with Gasteiger partial charge in [0.05, 0.1) is 0 Å². The van der Waals surface area contributed by atoms with Crippen molar-refractivity contribution in [1.29, 1.82) is 0 Å². The lowest BCUT2D eigenvalue weighted by atomic mass is 9.49. The summed E-state index contributed by atoms with van der Waals surface area (Å²) in [6, 6.07) is 0. The quantitative estimate of drug-likeness (QED) is 0.777. The van der Waals surface area contributed by atoms with Gasteiger partial charge < -0.3 is 4.90 Å². The van der Waals surface area contributed by atoms with Crippen molar-refractivity contribution in [3.8, 4) is 0 Å². The number of rotatable bonds is 2. The van der Waals surface area contributed by atoms with E-state index in [1.807, 2.05) is 0 Å². The number of amidine groups is 2. The van der Waals surface area contributed by atoms with Gasteiger partial charge >= 0.3 is 0 Å². The fraction of sp³-hybridized carbons (Fsp3) is 0.875. The Morgan fingerprint density at radius 1 is 1.15 bits per heavy atom. The van der Waals surface area contributed by atoms with Crippen molar-refractivity contribution in [3.05, 3.63) is 0 Å². The lowest BCUT2D eigenvalue weighted by Crippen LogP contribution is -2.52. The Balaban J connectivity index is 1.50. The Hall–Kier alpha value is -0.510. The van der Waals surface area contributed by atoms with Crippen LogP contribution in [0.5, 0.6) is 0 Å². The zero-order chi connectivity index (χ0) is 13.7. The second-order valence-electron chi connectivity index (χ2n) is 7.56. The molecule has 0 amide bonds. The molecule has 0 radical (unpaired) electrons. The number of hydrogen-bond acceptors (Lipinski definition) is 4. The molecule has 4 heteroatoms. The molecular formula is C16H25N3S. The van der Waals surface area contributed by atoms with Gasteiger partial charge in [-0.05, 0) is 74.9 Å². The van der Waals surface area contributed by atoms with Crippen LogP contribution in [0.4, 0.5) is 0 Å². The maximum Gasteiger partial charge on any atom is 0.186 e. The van der Waals surface area contributed by atoms with Crippen molar-refractivity contribution in [2.45, 2.75) is 45.4 Å². The predicted octanol–water partition coefficient (Wildman–Crippen LogP) is 3.61. The molecule has 0 unspecified atom stereocenters. The molecule has 0 spiro atoms. The first-order valence-electron chi connectivity index (χ1n) is 8.04. The molecule has 0 atom stereocenters. The highest BCUT2D eigenvalue weighted by atomic mass is 32.2. The zero-order valence-corrected chi connectivity index (χ0v) is 13.5. The molecule has 20 heavy (non-hydrogen) atoms. The van der Waals surface area contributed by atoms with Crippen LogP contribution in [0.25, 0.3) is 0 Å². The minimum Gasteiger partial charge on any atom is -0.340 e. The lowest BCUT2D eigenvalue weighted by Gasteiger charge is -2.58. The van der Waals surface area contributed by atoms with E-state index in [0.717, 1.165) is 29.6 Å². The number of thioether (sulfide) groups is 1. The van der Waals surface area contributed by atoms with Gasteiger partial charge in [0.15, 0.2) is 5.17 Å². The van der Waals surface area contributed by atoms with E-state index in [0.29, 0.717) is 5.41 Å². The van der Waals surface area contributed by atoms with E-state index in [2.05, 4.69) is 28.1 Å².